The van der Waals surface area contributed by atoms with E-state index in [1.165, 1.54) is 21.6 Å². The van der Waals surface area contributed by atoms with E-state index < -0.39 is 0 Å². The van der Waals surface area contributed by atoms with Crippen molar-refractivity contribution in [2.24, 2.45) is 0 Å². The van der Waals surface area contributed by atoms with Crippen LogP contribution in [0.15, 0.2) is 66.7 Å². The maximum Gasteiger partial charge on any atom is 0.261 e. The topological polar surface area (TPSA) is 46.6 Å². The van der Waals surface area contributed by atoms with Crippen LogP contribution in [-0.2, 0) is 0 Å². The molecular weight excluding hydrogens is 374 g/mol. The number of fused-ring (bicyclic) bond motifs is 1. The molecule has 2 amide bonds. The zero-order valence-electron chi connectivity index (χ0n) is 17.4. The van der Waals surface area contributed by atoms with Crippen LogP contribution >= 0.6 is 0 Å². The second-order valence-corrected chi connectivity index (χ2v) is 7.66. The van der Waals surface area contributed by atoms with Crippen LogP contribution in [0.5, 0.6) is 5.75 Å². The van der Waals surface area contributed by atoms with Crippen molar-refractivity contribution in [2.75, 3.05) is 13.2 Å². The maximum atomic E-state index is 12.4. The van der Waals surface area contributed by atoms with Gasteiger partial charge in [0, 0.05) is 6.54 Å². The molecule has 4 heteroatoms. The molecule has 0 unspecified atom stereocenters. The lowest BCUT2D eigenvalue weighted by Crippen LogP contribution is -2.30. The summed E-state index contributed by atoms with van der Waals surface area (Å²) in [5.41, 5.74) is 5.88. The van der Waals surface area contributed by atoms with Crippen LogP contribution < -0.4 is 4.74 Å². The van der Waals surface area contributed by atoms with Crippen molar-refractivity contribution >= 4 is 11.8 Å². The first-order valence-corrected chi connectivity index (χ1v) is 10.3. The molecule has 30 heavy (non-hydrogen) atoms. The number of carbonyl (C=O) groups excluding carboxylic acids is 2. The average Bonchev–Trinajstić information content (AvgIpc) is 2.99. The zero-order chi connectivity index (χ0) is 21.1. The summed E-state index contributed by atoms with van der Waals surface area (Å²) in [6, 6.07) is 21.4. The molecule has 0 aliphatic carbocycles. The molecule has 1 heterocycles. The summed E-state index contributed by atoms with van der Waals surface area (Å²) >= 11 is 0. The minimum Gasteiger partial charge on any atom is -0.494 e. The molecule has 0 bridgehead atoms. The van der Waals surface area contributed by atoms with E-state index in [0.717, 1.165) is 17.7 Å². The number of unbranched alkanes of at least 4 members (excludes halogenated alkanes) is 1. The van der Waals surface area contributed by atoms with Gasteiger partial charge in [0.2, 0.25) is 0 Å². The van der Waals surface area contributed by atoms with Crippen LogP contribution in [0.3, 0.4) is 0 Å². The molecule has 0 radical (unpaired) electrons. The third kappa shape index (κ3) is 3.86. The number of ether oxygens (including phenoxy) is 1. The van der Waals surface area contributed by atoms with Crippen molar-refractivity contribution in [3.8, 4) is 16.9 Å². The molecular formula is C26H25NO3. The van der Waals surface area contributed by atoms with Crippen molar-refractivity contribution in [3.63, 3.8) is 0 Å². The summed E-state index contributed by atoms with van der Waals surface area (Å²) in [4.78, 5) is 26.1. The fraction of sp³-hybridized carbons (Fsp3) is 0.231. The van der Waals surface area contributed by atoms with E-state index in [9.17, 15) is 9.59 Å². The zero-order valence-corrected chi connectivity index (χ0v) is 17.4. The Balaban J connectivity index is 1.31. The molecule has 0 N–H and O–H groups in total. The fourth-order valence-electron chi connectivity index (χ4n) is 4.02. The van der Waals surface area contributed by atoms with E-state index in [4.69, 9.17) is 4.74 Å². The minimum absolute atomic E-state index is 0.196. The van der Waals surface area contributed by atoms with Crippen molar-refractivity contribution in [2.45, 2.75) is 26.7 Å². The van der Waals surface area contributed by atoms with Crippen LogP contribution in [0.2, 0.25) is 0 Å². The minimum atomic E-state index is -0.196. The molecule has 3 aromatic carbocycles. The SMILES string of the molecule is Cc1cccc(C)c1-c1cccc(OCCCCN2C(=O)c3ccccc3C2=O)c1. The highest BCUT2D eigenvalue weighted by Gasteiger charge is 2.34. The van der Waals surface area contributed by atoms with Gasteiger partial charge in [-0.15, -0.1) is 0 Å². The predicted octanol–water partition coefficient (Wildman–Crippen LogP) is 5.43. The Hall–Kier alpha value is -3.40. The standard InChI is InChI=1S/C26H25NO3/c1-18-9-7-10-19(2)24(18)20-11-8-12-21(17-20)30-16-6-5-15-27-25(28)22-13-3-4-14-23(22)26(27)29/h3-4,7-14,17H,5-6,15-16H2,1-2H3. The Kier molecular flexibility index (Phi) is 5.66. The average molecular weight is 399 g/mol. The van der Waals surface area contributed by atoms with E-state index in [-0.39, 0.29) is 11.8 Å². The number of imide groups is 1. The van der Waals surface area contributed by atoms with Gasteiger partial charge in [-0.25, -0.2) is 0 Å². The number of hydrogen-bond acceptors (Lipinski definition) is 3. The van der Waals surface area contributed by atoms with Crippen molar-refractivity contribution in [3.05, 3.63) is 89.0 Å². The van der Waals surface area contributed by atoms with Crippen LogP contribution in [0.25, 0.3) is 11.1 Å². The highest BCUT2D eigenvalue weighted by molar-refractivity contribution is 6.21. The Morgan fingerprint density at radius 1 is 0.767 bits per heavy atom. The van der Waals surface area contributed by atoms with Crippen LogP contribution in [-0.4, -0.2) is 29.9 Å². The molecule has 1 aliphatic heterocycles. The number of rotatable bonds is 7. The van der Waals surface area contributed by atoms with Gasteiger partial charge in [0.15, 0.2) is 0 Å². The van der Waals surface area contributed by atoms with E-state index >= 15 is 0 Å². The monoisotopic (exact) mass is 399 g/mol. The maximum absolute atomic E-state index is 12.4. The molecule has 0 saturated heterocycles. The number of nitrogens with zero attached hydrogens (tertiary/aromatic N) is 1. The molecule has 4 rings (SSSR count). The van der Waals surface area contributed by atoms with Gasteiger partial charge < -0.3 is 4.74 Å². The predicted molar refractivity (Wildman–Crippen MR) is 118 cm³/mol. The molecule has 3 aromatic rings. The summed E-state index contributed by atoms with van der Waals surface area (Å²) in [6.45, 7) is 5.20. The third-order valence-corrected chi connectivity index (χ3v) is 5.53. The molecule has 0 spiro atoms. The van der Waals surface area contributed by atoms with Crippen molar-refractivity contribution in [1.82, 2.24) is 4.90 Å². The summed E-state index contributed by atoms with van der Waals surface area (Å²) in [5.74, 6) is 0.437. The lowest BCUT2D eigenvalue weighted by Gasteiger charge is -2.14. The lowest BCUT2D eigenvalue weighted by atomic mass is 9.96. The van der Waals surface area contributed by atoms with Gasteiger partial charge in [-0.1, -0.05) is 42.5 Å². The van der Waals surface area contributed by atoms with Crippen LogP contribution in [0, 0.1) is 13.8 Å². The lowest BCUT2D eigenvalue weighted by molar-refractivity contribution is 0.0649. The fourth-order valence-corrected chi connectivity index (χ4v) is 4.02. The van der Waals surface area contributed by atoms with Crippen LogP contribution in [0.4, 0.5) is 0 Å². The molecule has 0 aromatic heterocycles. The smallest absolute Gasteiger partial charge is 0.261 e. The Bertz CT molecular complexity index is 1050. The molecule has 0 saturated carbocycles. The number of benzene rings is 3. The first-order valence-electron chi connectivity index (χ1n) is 10.3. The number of hydrogen-bond donors (Lipinski definition) is 0. The van der Waals surface area contributed by atoms with Gasteiger partial charge >= 0.3 is 0 Å². The van der Waals surface area contributed by atoms with E-state index in [2.05, 4.69) is 44.2 Å². The molecule has 0 fully saturated rings. The molecule has 4 nitrogen and oxygen atoms in total. The second-order valence-electron chi connectivity index (χ2n) is 7.66. The van der Waals surface area contributed by atoms with Gasteiger partial charge in [0.1, 0.15) is 5.75 Å². The van der Waals surface area contributed by atoms with E-state index in [1.807, 2.05) is 12.1 Å². The summed E-state index contributed by atoms with van der Waals surface area (Å²) in [6.07, 6.45) is 1.48. The van der Waals surface area contributed by atoms with E-state index in [1.54, 1.807) is 24.3 Å². The van der Waals surface area contributed by atoms with Gasteiger partial charge in [0.25, 0.3) is 11.8 Å². The van der Waals surface area contributed by atoms with Crippen molar-refractivity contribution < 1.29 is 14.3 Å². The summed E-state index contributed by atoms with van der Waals surface area (Å²) in [7, 11) is 0. The van der Waals surface area contributed by atoms with Gasteiger partial charge in [-0.05, 0) is 73.2 Å². The summed E-state index contributed by atoms with van der Waals surface area (Å²) in [5, 5.41) is 0. The molecule has 0 atom stereocenters. The Labute approximate surface area is 177 Å². The highest BCUT2D eigenvalue weighted by Crippen LogP contribution is 2.29. The van der Waals surface area contributed by atoms with Crippen molar-refractivity contribution in [1.29, 1.82) is 0 Å². The molecule has 152 valence electrons. The summed E-state index contributed by atoms with van der Waals surface area (Å²) < 4.78 is 5.94. The van der Waals surface area contributed by atoms with Crippen LogP contribution in [0.1, 0.15) is 44.7 Å². The quantitative estimate of drug-likeness (QED) is 0.393. The number of amides is 2. The number of carbonyl (C=O) groups is 2. The highest BCUT2D eigenvalue weighted by atomic mass is 16.5. The number of aryl methyl sites for hydroxylation is 2. The van der Waals surface area contributed by atoms with Gasteiger partial charge in [-0.2, -0.15) is 0 Å². The van der Waals surface area contributed by atoms with Gasteiger partial charge in [-0.3, -0.25) is 14.5 Å². The third-order valence-electron chi connectivity index (χ3n) is 5.53. The first kappa shape index (κ1) is 19.9. The largest absolute Gasteiger partial charge is 0.494 e. The Morgan fingerprint density at radius 2 is 1.40 bits per heavy atom. The van der Waals surface area contributed by atoms with Gasteiger partial charge in [0.05, 0.1) is 17.7 Å². The Morgan fingerprint density at radius 3 is 2.07 bits per heavy atom. The normalized spacial score (nSPS) is 12.9. The van der Waals surface area contributed by atoms with E-state index in [0.29, 0.717) is 30.7 Å². The first-order chi connectivity index (χ1) is 14.6. The molecule has 1 aliphatic rings. The second kappa shape index (κ2) is 8.54.